The van der Waals surface area contributed by atoms with Crippen LogP contribution in [0.15, 0.2) is 18.2 Å². The Morgan fingerprint density at radius 2 is 2.25 bits per heavy atom. The van der Waals surface area contributed by atoms with E-state index in [2.05, 4.69) is 12.2 Å². The van der Waals surface area contributed by atoms with Crippen LogP contribution in [0, 0.1) is 17.0 Å². The maximum Gasteiger partial charge on any atom is 0.272 e. The molecule has 4 atom stereocenters. The Morgan fingerprint density at radius 3 is 2.85 bits per heavy atom. The average Bonchev–Trinajstić information content (AvgIpc) is 3.00. The summed E-state index contributed by atoms with van der Waals surface area (Å²) in [6, 6.07) is 5.76. The molecule has 108 valence electrons. The molecule has 2 bridgehead atoms. The fourth-order valence-corrected chi connectivity index (χ4v) is 3.53. The lowest BCUT2D eigenvalue weighted by atomic mass is 9.93. The van der Waals surface area contributed by atoms with E-state index in [4.69, 9.17) is 4.74 Å². The SMILES string of the molecule is Cc1c(C(C)NC2CC3CCC2O3)cccc1[N+](=O)[O-]. The number of hydrogen-bond acceptors (Lipinski definition) is 4. The number of hydrogen-bond donors (Lipinski definition) is 1. The Bertz CT molecular complexity index is 532. The van der Waals surface area contributed by atoms with Gasteiger partial charge >= 0.3 is 0 Å². The molecule has 0 aromatic heterocycles. The zero-order chi connectivity index (χ0) is 14.3. The van der Waals surface area contributed by atoms with Crippen molar-refractivity contribution in [1.29, 1.82) is 0 Å². The fraction of sp³-hybridized carbons (Fsp3) is 0.600. The normalized spacial score (nSPS) is 29.6. The van der Waals surface area contributed by atoms with Crippen LogP contribution in [-0.2, 0) is 4.74 Å². The molecule has 2 fully saturated rings. The monoisotopic (exact) mass is 276 g/mol. The summed E-state index contributed by atoms with van der Waals surface area (Å²) >= 11 is 0. The molecule has 2 heterocycles. The van der Waals surface area contributed by atoms with E-state index in [1.165, 1.54) is 6.42 Å². The van der Waals surface area contributed by atoms with Crippen molar-refractivity contribution in [3.63, 3.8) is 0 Å². The molecule has 2 saturated heterocycles. The van der Waals surface area contributed by atoms with Crippen molar-refractivity contribution < 1.29 is 9.66 Å². The summed E-state index contributed by atoms with van der Waals surface area (Å²) in [5, 5.41) is 14.6. The largest absolute Gasteiger partial charge is 0.373 e. The molecule has 5 nitrogen and oxygen atoms in total. The van der Waals surface area contributed by atoms with E-state index in [1.54, 1.807) is 12.1 Å². The van der Waals surface area contributed by atoms with Crippen LogP contribution in [0.2, 0.25) is 0 Å². The molecular formula is C15H20N2O3. The first-order valence-electron chi connectivity index (χ1n) is 7.21. The van der Waals surface area contributed by atoms with Gasteiger partial charge in [-0.3, -0.25) is 10.1 Å². The van der Waals surface area contributed by atoms with Crippen LogP contribution in [0.4, 0.5) is 5.69 Å². The van der Waals surface area contributed by atoms with E-state index in [0.717, 1.165) is 24.0 Å². The van der Waals surface area contributed by atoms with Crippen molar-refractivity contribution in [3.05, 3.63) is 39.4 Å². The minimum atomic E-state index is -0.313. The Balaban J connectivity index is 1.75. The van der Waals surface area contributed by atoms with Crippen molar-refractivity contribution in [2.24, 2.45) is 0 Å². The smallest absolute Gasteiger partial charge is 0.272 e. The minimum Gasteiger partial charge on any atom is -0.373 e. The van der Waals surface area contributed by atoms with Gasteiger partial charge < -0.3 is 10.1 Å². The molecule has 20 heavy (non-hydrogen) atoms. The van der Waals surface area contributed by atoms with Gasteiger partial charge in [-0.15, -0.1) is 0 Å². The summed E-state index contributed by atoms with van der Waals surface area (Å²) in [5.74, 6) is 0. The average molecular weight is 276 g/mol. The highest BCUT2D eigenvalue weighted by molar-refractivity contribution is 5.45. The Morgan fingerprint density at radius 1 is 1.45 bits per heavy atom. The summed E-state index contributed by atoms with van der Waals surface area (Å²) in [6.45, 7) is 3.89. The van der Waals surface area contributed by atoms with Gasteiger partial charge in [-0.25, -0.2) is 0 Å². The predicted octanol–water partition coefficient (Wildman–Crippen LogP) is 2.87. The molecule has 1 aromatic carbocycles. The number of nitro benzene ring substituents is 1. The van der Waals surface area contributed by atoms with Crippen LogP contribution in [0.3, 0.4) is 0 Å². The zero-order valence-corrected chi connectivity index (χ0v) is 11.8. The van der Waals surface area contributed by atoms with Crippen LogP contribution in [0.5, 0.6) is 0 Å². The molecule has 0 radical (unpaired) electrons. The summed E-state index contributed by atoms with van der Waals surface area (Å²) in [7, 11) is 0. The van der Waals surface area contributed by atoms with E-state index in [1.807, 2.05) is 13.0 Å². The number of nitro groups is 1. The molecular weight excluding hydrogens is 256 g/mol. The lowest BCUT2D eigenvalue weighted by Crippen LogP contribution is -2.39. The first kappa shape index (κ1) is 13.5. The summed E-state index contributed by atoms with van der Waals surface area (Å²) < 4.78 is 5.84. The van der Waals surface area contributed by atoms with Gasteiger partial charge in [-0.1, -0.05) is 12.1 Å². The van der Waals surface area contributed by atoms with Crippen molar-refractivity contribution in [1.82, 2.24) is 5.32 Å². The predicted molar refractivity (Wildman–Crippen MR) is 75.7 cm³/mol. The van der Waals surface area contributed by atoms with Gasteiger partial charge in [0.2, 0.25) is 0 Å². The first-order chi connectivity index (χ1) is 9.56. The quantitative estimate of drug-likeness (QED) is 0.678. The van der Waals surface area contributed by atoms with E-state index < -0.39 is 0 Å². The van der Waals surface area contributed by atoms with Crippen LogP contribution in [0.1, 0.15) is 43.4 Å². The molecule has 3 rings (SSSR count). The van der Waals surface area contributed by atoms with E-state index in [9.17, 15) is 10.1 Å². The van der Waals surface area contributed by atoms with E-state index >= 15 is 0 Å². The molecule has 4 unspecified atom stereocenters. The minimum absolute atomic E-state index is 0.0999. The Labute approximate surface area is 118 Å². The van der Waals surface area contributed by atoms with E-state index in [-0.39, 0.29) is 16.7 Å². The maximum atomic E-state index is 11.0. The highest BCUT2D eigenvalue weighted by atomic mass is 16.6. The van der Waals surface area contributed by atoms with Gasteiger partial charge in [-0.2, -0.15) is 0 Å². The molecule has 2 aliphatic heterocycles. The van der Waals surface area contributed by atoms with Crippen molar-refractivity contribution in [2.45, 2.75) is 57.4 Å². The topological polar surface area (TPSA) is 64.4 Å². The lowest BCUT2D eigenvalue weighted by Gasteiger charge is -2.25. The molecule has 0 saturated carbocycles. The second-order valence-corrected chi connectivity index (χ2v) is 5.85. The second-order valence-electron chi connectivity index (χ2n) is 5.85. The number of nitrogens with zero attached hydrogens (tertiary/aromatic N) is 1. The van der Waals surface area contributed by atoms with Gasteiger partial charge in [0.15, 0.2) is 0 Å². The van der Waals surface area contributed by atoms with Crippen LogP contribution in [-0.4, -0.2) is 23.2 Å². The fourth-order valence-electron chi connectivity index (χ4n) is 3.53. The third-order valence-electron chi connectivity index (χ3n) is 4.58. The molecule has 2 aliphatic rings. The Kier molecular flexibility index (Phi) is 3.48. The molecule has 1 N–H and O–H groups in total. The number of fused-ring (bicyclic) bond motifs is 2. The number of nitrogens with one attached hydrogen (secondary N) is 1. The number of rotatable bonds is 4. The van der Waals surface area contributed by atoms with Crippen molar-refractivity contribution in [2.75, 3.05) is 0 Å². The number of ether oxygens (including phenoxy) is 1. The maximum absolute atomic E-state index is 11.0. The van der Waals surface area contributed by atoms with Crippen molar-refractivity contribution >= 4 is 5.69 Å². The summed E-state index contributed by atoms with van der Waals surface area (Å²) in [5.41, 5.74) is 1.95. The van der Waals surface area contributed by atoms with Gasteiger partial charge in [0.05, 0.1) is 17.1 Å². The van der Waals surface area contributed by atoms with Crippen LogP contribution in [0.25, 0.3) is 0 Å². The van der Waals surface area contributed by atoms with Gasteiger partial charge in [0, 0.05) is 23.7 Å². The van der Waals surface area contributed by atoms with Gasteiger partial charge in [0.1, 0.15) is 0 Å². The first-order valence-corrected chi connectivity index (χ1v) is 7.21. The molecule has 5 heteroatoms. The van der Waals surface area contributed by atoms with Gasteiger partial charge in [0.25, 0.3) is 5.69 Å². The number of benzene rings is 1. The molecule has 0 amide bonds. The highest BCUT2D eigenvalue weighted by Crippen LogP contribution is 2.36. The lowest BCUT2D eigenvalue weighted by molar-refractivity contribution is -0.385. The Hall–Kier alpha value is -1.46. The second kappa shape index (κ2) is 5.14. The van der Waals surface area contributed by atoms with Crippen LogP contribution >= 0.6 is 0 Å². The standard InChI is InChI=1S/C15H20N2O3/c1-9-12(4-3-5-14(9)17(18)19)10(2)16-13-8-11-6-7-15(13)20-11/h3-5,10-11,13,15-16H,6-8H2,1-2H3. The molecule has 0 aliphatic carbocycles. The third kappa shape index (κ3) is 2.31. The third-order valence-corrected chi connectivity index (χ3v) is 4.58. The summed E-state index contributed by atoms with van der Waals surface area (Å²) in [6.07, 6.45) is 4.09. The van der Waals surface area contributed by atoms with Crippen molar-refractivity contribution in [3.8, 4) is 0 Å². The van der Waals surface area contributed by atoms with Gasteiger partial charge in [-0.05, 0) is 38.7 Å². The molecule has 0 spiro atoms. The van der Waals surface area contributed by atoms with Crippen LogP contribution < -0.4 is 5.32 Å². The zero-order valence-electron chi connectivity index (χ0n) is 11.8. The summed E-state index contributed by atoms with van der Waals surface area (Å²) in [4.78, 5) is 10.7. The van der Waals surface area contributed by atoms with E-state index in [0.29, 0.717) is 18.2 Å². The highest BCUT2D eigenvalue weighted by Gasteiger charge is 2.41. The molecule has 1 aromatic rings.